The minimum atomic E-state index is -0.684. The average Bonchev–Trinajstić information content (AvgIpc) is 3.19. The summed E-state index contributed by atoms with van der Waals surface area (Å²) in [7, 11) is 0. The molecule has 1 spiro atoms. The van der Waals surface area contributed by atoms with Gasteiger partial charge in [0.15, 0.2) is 0 Å². The minimum Gasteiger partial charge on any atom is -0.340 e. The van der Waals surface area contributed by atoms with E-state index in [1.807, 2.05) is 35.2 Å². The van der Waals surface area contributed by atoms with Crippen molar-refractivity contribution in [3.05, 3.63) is 69.5 Å². The topological polar surface area (TPSA) is 104 Å². The molecule has 2 aromatic carbocycles. The summed E-state index contributed by atoms with van der Waals surface area (Å²) in [6.07, 6.45) is 3.31. The van der Waals surface area contributed by atoms with Crippen molar-refractivity contribution in [3.8, 4) is 0 Å². The number of imidazole rings is 1. The van der Waals surface area contributed by atoms with Gasteiger partial charge in [-0.2, -0.15) is 0 Å². The molecule has 2 fully saturated rings. The van der Waals surface area contributed by atoms with E-state index in [2.05, 4.69) is 10.3 Å². The van der Waals surface area contributed by atoms with Crippen LogP contribution in [0.15, 0.2) is 42.5 Å². The molecule has 152 valence electrons. The molecule has 30 heavy (non-hydrogen) atoms. The van der Waals surface area contributed by atoms with Crippen molar-refractivity contribution in [3.63, 3.8) is 0 Å². The van der Waals surface area contributed by atoms with E-state index in [-0.39, 0.29) is 22.1 Å². The fraction of sp³-hybridized carbons (Fsp3) is 0.364. The predicted molar refractivity (Wildman–Crippen MR) is 110 cm³/mol. The Morgan fingerprint density at radius 2 is 1.90 bits per heavy atom. The van der Waals surface area contributed by atoms with Gasteiger partial charge in [0.05, 0.1) is 16.0 Å². The highest BCUT2D eigenvalue weighted by molar-refractivity contribution is 5.78. The monoisotopic (exact) mass is 403 g/mol. The van der Waals surface area contributed by atoms with Gasteiger partial charge in [0.2, 0.25) is 0 Å². The van der Waals surface area contributed by atoms with Crippen LogP contribution in [0.25, 0.3) is 11.0 Å². The Labute approximate surface area is 172 Å². The Morgan fingerprint density at radius 1 is 1.10 bits per heavy atom. The smallest absolute Gasteiger partial charge is 0.318 e. The van der Waals surface area contributed by atoms with Gasteiger partial charge < -0.3 is 15.2 Å². The quantitative estimate of drug-likeness (QED) is 0.517. The van der Waals surface area contributed by atoms with Crippen LogP contribution in [-0.2, 0) is 18.4 Å². The lowest BCUT2D eigenvalue weighted by atomic mass is 9.89. The van der Waals surface area contributed by atoms with Crippen LogP contribution in [0.3, 0.4) is 0 Å². The number of nitro benzene ring substituents is 1. The molecule has 1 aliphatic heterocycles. The first-order valence-corrected chi connectivity index (χ1v) is 10.3. The summed E-state index contributed by atoms with van der Waals surface area (Å²) in [5.41, 5.74) is 3.26. The average molecular weight is 403 g/mol. The molecule has 1 aromatic heterocycles. The number of benzene rings is 2. The molecule has 6 rings (SSSR count). The first-order chi connectivity index (χ1) is 14.5. The third-order valence-electron chi connectivity index (χ3n) is 7.02. The summed E-state index contributed by atoms with van der Waals surface area (Å²) >= 11 is 0. The first-order valence-electron chi connectivity index (χ1n) is 10.3. The highest BCUT2D eigenvalue weighted by atomic mass is 16.6. The number of hydrogen-bond donors (Lipinski definition) is 2. The number of amides is 2. The molecule has 3 aliphatic rings. The molecule has 1 atom stereocenters. The van der Waals surface area contributed by atoms with E-state index in [0.29, 0.717) is 19.4 Å². The molecule has 2 amide bonds. The normalized spacial score (nSPS) is 24.1. The highest BCUT2D eigenvalue weighted by Crippen LogP contribution is 2.51. The molecule has 0 bridgehead atoms. The van der Waals surface area contributed by atoms with Crippen LogP contribution in [0.5, 0.6) is 0 Å². The number of nitrogens with one attached hydrogen (secondary N) is 2. The molecule has 1 saturated heterocycles. The number of aromatic nitrogens is 2. The lowest BCUT2D eigenvalue weighted by Crippen LogP contribution is -2.61. The zero-order valence-corrected chi connectivity index (χ0v) is 16.4. The van der Waals surface area contributed by atoms with E-state index in [9.17, 15) is 14.9 Å². The molecule has 1 unspecified atom stereocenters. The Kier molecular flexibility index (Phi) is 3.38. The number of carbonyl (C=O) groups excluding carboxylic acids is 1. The van der Waals surface area contributed by atoms with Crippen molar-refractivity contribution in [2.24, 2.45) is 5.41 Å². The second-order valence-electron chi connectivity index (χ2n) is 8.94. The van der Waals surface area contributed by atoms with Crippen LogP contribution in [0.1, 0.15) is 29.8 Å². The largest absolute Gasteiger partial charge is 0.340 e. The fourth-order valence-corrected chi connectivity index (χ4v) is 5.09. The van der Waals surface area contributed by atoms with Crippen LogP contribution in [0.2, 0.25) is 0 Å². The van der Waals surface area contributed by atoms with Gasteiger partial charge in [-0.25, -0.2) is 9.78 Å². The number of nitrogens with zero attached hydrogens (tertiary/aromatic N) is 3. The lowest BCUT2D eigenvalue weighted by Gasteiger charge is -2.45. The molecule has 8 nitrogen and oxygen atoms in total. The van der Waals surface area contributed by atoms with Gasteiger partial charge in [-0.3, -0.25) is 10.1 Å². The number of fused-ring (bicyclic) bond motifs is 2. The summed E-state index contributed by atoms with van der Waals surface area (Å²) in [6, 6.07) is 12.8. The molecular weight excluding hydrogens is 382 g/mol. The summed E-state index contributed by atoms with van der Waals surface area (Å²) < 4.78 is 0. The van der Waals surface area contributed by atoms with Crippen LogP contribution in [-0.4, -0.2) is 38.9 Å². The van der Waals surface area contributed by atoms with E-state index in [1.165, 1.54) is 0 Å². The molecule has 2 heterocycles. The Balaban J connectivity index is 1.50. The lowest BCUT2D eigenvalue weighted by molar-refractivity contribution is -0.384. The number of non-ortho nitro benzene ring substituents is 1. The van der Waals surface area contributed by atoms with Gasteiger partial charge >= 0.3 is 6.03 Å². The van der Waals surface area contributed by atoms with Crippen LogP contribution < -0.4 is 5.32 Å². The second-order valence-corrected chi connectivity index (χ2v) is 8.94. The van der Waals surface area contributed by atoms with Gasteiger partial charge in [-0.15, -0.1) is 0 Å². The van der Waals surface area contributed by atoms with E-state index in [0.717, 1.165) is 47.4 Å². The maximum Gasteiger partial charge on any atom is 0.318 e. The number of H-pyrrole nitrogens is 1. The number of hydrogen-bond acceptors (Lipinski definition) is 4. The predicted octanol–water partition coefficient (Wildman–Crippen LogP) is 3.27. The third-order valence-corrected chi connectivity index (χ3v) is 7.02. The summed E-state index contributed by atoms with van der Waals surface area (Å²) in [6.45, 7) is 1.41. The summed E-state index contributed by atoms with van der Waals surface area (Å²) in [5.74, 6) is 0.746. The van der Waals surface area contributed by atoms with Crippen molar-refractivity contribution >= 4 is 22.8 Å². The zero-order valence-electron chi connectivity index (χ0n) is 16.4. The van der Waals surface area contributed by atoms with Crippen molar-refractivity contribution in [1.29, 1.82) is 0 Å². The van der Waals surface area contributed by atoms with Crippen LogP contribution >= 0.6 is 0 Å². The second kappa shape index (κ2) is 5.81. The number of carbonyl (C=O) groups is 1. The SMILES string of the molecule is O=C1NCC2(CC2)CN1C1(c2nc3ccccc3[nH]2)Cc2ccc([N+](=O)[O-])cc2C1. The molecule has 8 heteroatoms. The summed E-state index contributed by atoms with van der Waals surface area (Å²) in [4.78, 5) is 34.3. The van der Waals surface area contributed by atoms with Gasteiger partial charge in [0.1, 0.15) is 11.4 Å². The van der Waals surface area contributed by atoms with E-state index < -0.39 is 5.54 Å². The van der Waals surface area contributed by atoms with Gasteiger partial charge in [-0.1, -0.05) is 18.2 Å². The molecule has 0 radical (unpaired) electrons. The van der Waals surface area contributed by atoms with E-state index in [4.69, 9.17) is 4.98 Å². The molecular formula is C22H21N5O3. The Morgan fingerprint density at radius 3 is 2.67 bits per heavy atom. The Hall–Kier alpha value is -3.42. The molecule has 2 aliphatic carbocycles. The number of para-hydroxylation sites is 2. The van der Waals surface area contributed by atoms with Crippen LogP contribution in [0, 0.1) is 15.5 Å². The first kappa shape index (κ1) is 17.4. The van der Waals surface area contributed by atoms with Crippen molar-refractivity contribution in [2.45, 2.75) is 31.2 Å². The maximum absolute atomic E-state index is 13.1. The Bertz CT molecular complexity index is 1180. The zero-order chi connectivity index (χ0) is 20.5. The van der Waals surface area contributed by atoms with E-state index in [1.54, 1.807) is 12.1 Å². The fourth-order valence-electron chi connectivity index (χ4n) is 5.09. The third kappa shape index (κ3) is 2.46. The van der Waals surface area contributed by atoms with Gasteiger partial charge in [0.25, 0.3) is 5.69 Å². The minimum absolute atomic E-state index is 0.0796. The molecule has 3 aromatic rings. The van der Waals surface area contributed by atoms with Gasteiger partial charge in [-0.05, 0) is 36.1 Å². The number of nitro groups is 1. The van der Waals surface area contributed by atoms with E-state index >= 15 is 0 Å². The van der Waals surface area contributed by atoms with Crippen LogP contribution in [0.4, 0.5) is 10.5 Å². The number of aromatic amines is 1. The van der Waals surface area contributed by atoms with Gasteiger partial charge in [0, 0.05) is 43.5 Å². The molecule has 1 saturated carbocycles. The summed E-state index contributed by atoms with van der Waals surface area (Å²) in [5, 5.41) is 14.4. The van der Waals surface area contributed by atoms with Crippen molar-refractivity contribution in [2.75, 3.05) is 13.1 Å². The maximum atomic E-state index is 13.1. The highest BCUT2D eigenvalue weighted by Gasteiger charge is 2.56. The number of urea groups is 1. The van der Waals surface area contributed by atoms with Crippen molar-refractivity contribution in [1.82, 2.24) is 20.2 Å². The number of rotatable bonds is 3. The molecule has 2 N–H and O–H groups in total. The van der Waals surface area contributed by atoms with Crippen molar-refractivity contribution < 1.29 is 9.72 Å². The standard InChI is InChI=1S/C22H21N5O3/c28-20-23-12-21(7-8-21)13-26(20)22(19-24-17-3-1-2-4-18(17)25-19)10-14-5-6-16(27(29)30)9-15(14)11-22/h1-6,9H,7-8,10-13H2,(H,23,28)(H,24,25).